The van der Waals surface area contributed by atoms with Crippen LogP contribution in [0, 0.1) is 0 Å². The maximum Gasteiger partial charge on any atom is 0.471 e. The lowest BCUT2D eigenvalue weighted by Gasteiger charge is -2.16. The van der Waals surface area contributed by atoms with E-state index in [1.54, 1.807) is 0 Å². The van der Waals surface area contributed by atoms with Crippen LogP contribution in [-0.2, 0) is 19.4 Å². The number of carboxylic acid groups (broad SMARTS) is 1. The summed E-state index contributed by atoms with van der Waals surface area (Å²) >= 11 is 0. The van der Waals surface area contributed by atoms with Crippen LogP contribution in [0.1, 0.15) is 20.3 Å². The molecule has 0 aliphatic heterocycles. The molecule has 112 valence electrons. The van der Waals surface area contributed by atoms with Gasteiger partial charge < -0.3 is 10.4 Å². The molecule has 0 aromatic heterocycles. The Labute approximate surface area is 107 Å². The fraction of sp³-hybridized carbons (Fsp3) is 0.778. The number of halogens is 3. The summed E-state index contributed by atoms with van der Waals surface area (Å²) in [5, 5.41) is 9.11. The van der Waals surface area contributed by atoms with Crippen LogP contribution in [0.2, 0.25) is 0 Å². The van der Waals surface area contributed by atoms with Gasteiger partial charge >= 0.3 is 18.1 Å². The molecule has 1 unspecified atom stereocenters. The topological polar surface area (TPSA) is 101 Å². The predicted molar refractivity (Wildman–Crippen MR) is 59.2 cm³/mol. The number of hydrogen-bond donors (Lipinski definition) is 2. The van der Waals surface area contributed by atoms with Crippen molar-refractivity contribution in [1.82, 2.24) is 5.32 Å². The van der Waals surface area contributed by atoms with Crippen molar-refractivity contribution in [2.24, 2.45) is 0 Å². The minimum absolute atomic E-state index is 0.625. The second-order valence-electron chi connectivity index (χ2n) is 4.07. The first-order valence-electron chi connectivity index (χ1n) is 5.20. The number of amides is 1. The van der Waals surface area contributed by atoms with Crippen LogP contribution in [0.3, 0.4) is 0 Å². The molecule has 10 heteroatoms. The molecule has 2 N–H and O–H groups in total. The summed E-state index contributed by atoms with van der Waals surface area (Å²) < 4.78 is 58.7. The highest BCUT2D eigenvalue weighted by Crippen LogP contribution is 2.15. The smallest absolute Gasteiger partial charge is 0.471 e. The molecule has 1 amide bonds. The van der Waals surface area contributed by atoms with Gasteiger partial charge in [-0.15, -0.1) is 0 Å². The Kier molecular flexibility index (Phi) is 5.79. The summed E-state index contributed by atoms with van der Waals surface area (Å²) in [6, 6.07) is -1.90. The summed E-state index contributed by atoms with van der Waals surface area (Å²) in [5.41, 5.74) is 0. The van der Waals surface area contributed by atoms with Crippen LogP contribution >= 0.6 is 0 Å². The number of aliphatic carboxylic acids is 1. The average molecular weight is 305 g/mol. The van der Waals surface area contributed by atoms with Crippen LogP contribution in [0.25, 0.3) is 0 Å². The summed E-state index contributed by atoms with van der Waals surface area (Å²) in [6.45, 7) is 2.72. The first kappa shape index (κ1) is 17.7. The van der Waals surface area contributed by atoms with Gasteiger partial charge in [-0.2, -0.15) is 13.2 Å². The number of nitrogens with one attached hydrogen (secondary N) is 1. The summed E-state index contributed by atoms with van der Waals surface area (Å²) in [4.78, 5) is 21.3. The van der Waals surface area contributed by atoms with Crippen LogP contribution < -0.4 is 5.32 Å². The fourth-order valence-corrected chi connectivity index (χ4v) is 2.05. The molecule has 0 heterocycles. The van der Waals surface area contributed by atoms with Gasteiger partial charge in [0.05, 0.1) is 11.0 Å². The summed E-state index contributed by atoms with van der Waals surface area (Å²) in [7, 11) is -3.59. The van der Waals surface area contributed by atoms with E-state index in [9.17, 15) is 31.2 Å². The molecular weight excluding hydrogens is 291 g/mol. The molecule has 0 aliphatic carbocycles. The van der Waals surface area contributed by atoms with E-state index in [0.717, 1.165) is 0 Å². The molecule has 0 aromatic carbocycles. The lowest BCUT2D eigenvalue weighted by atomic mass is 10.2. The molecule has 0 rings (SSSR count). The second kappa shape index (κ2) is 6.22. The zero-order valence-electron chi connectivity index (χ0n) is 10.2. The zero-order chi connectivity index (χ0) is 15.4. The Morgan fingerprint density at radius 1 is 1.26 bits per heavy atom. The lowest BCUT2D eigenvalue weighted by molar-refractivity contribution is -0.175. The average Bonchev–Trinajstić information content (AvgIpc) is 2.21. The van der Waals surface area contributed by atoms with E-state index in [1.165, 1.54) is 19.2 Å². The molecule has 19 heavy (non-hydrogen) atoms. The van der Waals surface area contributed by atoms with Crippen molar-refractivity contribution < 1.29 is 36.3 Å². The van der Waals surface area contributed by atoms with Crippen molar-refractivity contribution in [3.05, 3.63) is 0 Å². The Bertz CT molecular complexity index is 443. The van der Waals surface area contributed by atoms with Gasteiger partial charge in [0.1, 0.15) is 6.04 Å². The van der Waals surface area contributed by atoms with Crippen molar-refractivity contribution in [1.29, 1.82) is 0 Å². The highest BCUT2D eigenvalue weighted by Gasteiger charge is 2.41. The van der Waals surface area contributed by atoms with E-state index in [0.29, 0.717) is 0 Å². The summed E-state index contributed by atoms with van der Waals surface area (Å²) in [5.74, 6) is -4.77. The number of sulfone groups is 1. The molecule has 0 bridgehead atoms. The van der Waals surface area contributed by atoms with Gasteiger partial charge in [-0.1, -0.05) is 0 Å². The van der Waals surface area contributed by atoms with E-state index >= 15 is 0 Å². The Morgan fingerprint density at radius 2 is 1.74 bits per heavy atom. The highest BCUT2D eigenvalue weighted by atomic mass is 32.2. The van der Waals surface area contributed by atoms with Crippen LogP contribution in [-0.4, -0.2) is 48.6 Å². The van der Waals surface area contributed by atoms with E-state index in [-0.39, 0.29) is 0 Å². The molecular formula is C9H14F3NO5S. The van der Waals surface area contributed by atoms with Crippen molar-refractivity contribution in [2.75, 3.05) is 5.75 Å². The molecule has 0 radical (unpaired) electrons. The Hall–Kier alpha value is -1.32. The molecule has 0 fully saturated rings. The maximum absolute atomic E-state index is 12.0. The molecule has 0 spiro atoms. The second-order valence-corrected chi connectivity index (χ2v) is 6.74. The molecule has 0 saturated carbocycles. The van der Waals surface area contributed by atoms with Crippen molar-refractivity contribution in [2.45, 2.75) is 37.7 Å². The van der Waals surface area contributed by atoms with E-state index < -0.39 is 51.4 Å². The van der Waals surface area contributed by atoms with Gasteiger partial charge in [0.2, 0.25) is 0 Å². The van der Waals surface area contributed by atoms with Gasteiger partial charge in [-0.25, -0.2) is 13.2 Å². The van der Waals surface area contributed by atoms with Crippen molar-refractivity contribution in [3.63, 3.8) is 0 Å². The minimum atomic E-state index is -5.22. The number of rotatable bonds is 6. The van der Waals surface area contributed by atoms with E-state index in [4.69, 9.17) is 5.11 Å². The van der Waals surface area contributed by atoms with Gasteiger partial charge in [0.25, 0.3) is 0 Å². The number of hydrogen-bond acceptors (Lipinski definition) is 4. The first-order chi connectivity index (χ1) is 8.38. The molecule has 0 aliphatic rings. The van der Waals surface area contributed by atoms with Gasteiger partial charge in [0, 0.05) is 0 Å². The lowest BCUT2D eigenvalue weighted by Crippen LogP contribution is -2.47. The zero-order valence-corrected chi connectivity index (χ0v) is 11.0. The normalized spacial score (nSPS) is 14.2. The third kappa shape index (κ3) is 5.90. The van der Waals surface area contributed by atoms with E-state index in [2.05, 4.69) is 0 Å². The minimum Gasteiger partial charge on any atom is -0.480 e. The van der Waals surface area contributed by atoms with Crippen LogP contribution in [0.15, 0.2) is 0 Å². The Morgan fingerprint density at radius 3 is 2.05 bits per heavy atom. The monoisotopic (exact) mass is 305 g/mol. The molecule has 0 saturated heterocycles. The van der Waals surface area contributed by atoms with Crippen molar-refractivity contribution in [3.8, 4) is 0 Å². The van der Waals surface area contributed by atoms with Gasteiger partial charge in [0.15, 0.2) is 9.84 Å². The quantitative estimate of drug-likeness (QED) is 0.736. The maximum atomic E-state index is 12.0. The Balaban J connectivity index is 4.71. The largest absolute Gasteiger partial charge is 0.480 e. The standard InChI is InChI=1S/C9H14F3NO5S/c1-5(2)19(17,18)4-3-6(7(14)15)13-8(16)9(10,11)12/h5-6H,3-4H2,1-2H3,(H,13,16)(H,14,15). The third-order valence-corrected chi connectivity index (χ3v) is 4.51. The molecule has 6 nitrogen and oxygen atoms in total. The summed E-state index contributed by atoms with van der Waals surface area (Å²) in [6.07, 6.45) is -5.84. The fourth-order valence-electron chi connectivity index (χ4n) is 1.02. The highest BCUT2D eigenvalue weighted by molar-refractivity contribution is 7.91. The first-order valence-corrected chi connectivity index (χ1v) is 6.91. The van der Waals surface area contributed by atoms with E-state index in [1.807, 2.05) is 0 Å². The van der Waals surface area contributed by atoms with Gasteiger partial charge in [-0.3, -0.25) is 4.79 Å². The number of carbonyl (C=O) groups excluding carboxylic acids is 1. The number of alkyl halides is 3. The number of carbonyl (C=O) groups is 2. The van der Waals surface area contributed by atoms with Crippen molar-refractivity contribution >= 4 is 21.7 Å². The SMILES string of the molecule is CC(C)S(=O)(=O)CCC(NC(=O)C(F)(F)F)C(=O)O. The number of carboxylic acids is 1. The van der Waals surface area contributed by atoms with Gasteiger partial charge in [-0.05, 0) is 20.3 Å². The third-order valence-electron chi connectivity index (χ3n) is 2.27. The molecule has 1 atom stereocenters. The van der Waals surface area contributed by atoms with Crippen LogP contribution in [0.5, 0.6) is 0 Å². The molecule has 0 aromatic rings. The van der Waals surface area contributed by atoms with Crippen LogP contribution in [0.4, 0.5) is 13.2 Å². The predicted octanol–water partition coefficient (Wildman–Crippen LogP) is 0.331.